The molecule has 0 saturated heterocycles. The first-order chi connectivity index (χ1) is 6.07. The Bertz CT molecular complexity index is 215. The summed E-state index contributed by atoms with van der Waals surface area (Å²) in [5, 5.41) is 12.5. The second-order valence-electron chi connectivity index (χ2n) is 2.34. The summed E-state index contributed by atoms with van der Waals surface area (Å²) in [5.41, 5.74) is 0. The fourth-order valence-electron chi connectivity index (χ4n) is 0.563. The van der Waals surface area contributed by atoms with Gasteiger partial charge in [0.1, 0.15) is 0 Å². The van der Waals surface area contributed by atoms with E-state index in [0.717, 1.165) is 6.42 Å². The van der Waals surface area contributed by atoms with E-state index in [1.807, 2.05) is 12.2 Å². The van der Waals surface area contributed by atoms with Crippen LogP contribution in [0.25, 0.3) is 0 Å². The van der Waals surface area contributed by atoms with Crippen LogP contribution in [0, 0.1) is 0 Å². The molecule has 0 radical (unpaired) electrons. The van der Waals surface area contributed by atoms with Crippen LogP contribution in [0.4, 0.5) is 0 Å². The predicted molar refractivity (Wildman–Crippen MR) is 43.9 cm³/mol. The average Bonchev–Trinajstić information content (AvgIpc) is 2.10. The molecule has 0 fully saturated rings. The molecule has 74 valence electrons. The van der Waals surface area contributed by atoms with Gasteiger partial charge in [0.05, 0.1) is 6.54 Å². The molecule has 3 N–H and O–H groups in total. The SMILES string of the molecule is CCCNC(=O)CNC(=O)C(=O)O. The maximum Gasteiger partial charge on any atom is 0.394 e. The van der Waals surface area contributed by atoms with Crippen molar-refractivity contribution < 1.29 is 19.5 Å². The summed E-state index contributed by atoms with van der Waals surface area (Å²) in [6, 6.07) is 0. The van der Waals surface area contributed by atoms with Gasteiger partial charge in [-0.2, -0.15) is 0 Å². The normalized spacial score (nSPS) is 9.00. The molecule has 0 aromatic rings. The van der Waals surface area contributed by atoms with E-state index in [2.05, 4.69) is 5.32 Å². The second kappa shape index (κ2) is 5.99. The summed E-state index contributed by atoms with van der Waals surface area (Å²) in [5.74, 6) is -3.16. The first-order valence-corrected chi connectivity index (χ1v) is 3.85. The molecule has 13 heavy (non-hydrogen) atoms. The van der Waals surface area contributed by atoms with Gasteiger partial charge >= 0.3 is 11.9 Å². The maximum absolute atomic E-state index is 10.8. The average molecular weight is 188 g/mol. The van der Waals surface area contributed by atoms with E-state index in [1.165, 1.54) is 0 Å². The quantitative estimate of drug-likeness (QED) is 0.478. The number of carbonyl (C=O) groups excluding carboxylic acids is 2. The third-order valence-electron chi connectivity index (χ3n) is 1.18. The molecule has 6 nitrogen and oxygen atoms in total. The van der Waals surface area contributed by atoms with E-state index < -0.39 is 17.8 Å². The largest absolute Gasteiger partial charge is 0.474 e. The van der Waals surface area contributed by atoms with Crippen molar-refractivity contribution in [2.24, 2.45) is 0 Å². The molecule has 0 heterocycles. The molecular formula is C7H12N2O4. The third-order valence-corrected chi connectivity index (χ3v) is 1.18. The molecule has 0 saturated carbocycles. The molecule has 0 aromatic carbocycles. The Morgan fingerprint density at radius 1 is 1.23 bits per heavy atom. The lowest BCUT2D eigenvalue weighted by molar-refractivity contribution is -0.150. The number of hydrogen-bond donors (Lipinski definition) is 3. The van der Waals surface area contributed by atoms with Crippen molar-refractivity contribution >= 4 is 17.8 Å². The molecule has 0 aliphatic rings. The van der Waals surface area contributed by atoms with Crippen molar-refractivity contribution in [2.45, 2.75) is 13.3 Å². The second-order valence-corrected chi connectivity index (χ2v) is 2.34. The van der Waals surface area contributed by atoms with Crippen molar-refractivity contribution in [3.05, 3.63) is 0 Å². The van der Waals surface area contributed by atoms with Crippen LogP contribution in [0.3, 0.4) is 0 Å². The minimum atomic E-state index is -1.59. The van der Waals surface area contributed by atoms with Crippen molar-refractivity contribution in [2.75, 3.05) is 13.1 Å². The number of amides is 2. The molecule has 0 aromatic heterocycles. The zero-order valence-electron chi connectivity index (χ0n) is 7.29. The van der Waals surface area contributed by atoms with Crippen LogP contribution < -0.4 is 10.6 Å². The van der Waals surface area contributed by atoms with E-state index in [4.69, 9.17) is 5.11 Å². The molecule has 0 bridgehead atoms. The monoisotopic (exact) mass is 188 g/mol. The highest BCUT2D eigenvalue weighted by molar-refractivity contribution is 6.31. The van der Waals surface area contributed by atoms with Gasteiger partial charge in [0.2, 0.25) is 5.91 Å². The van der Waals surface area contributed by atoms with Gasteiger partial charge < -0.3 is 15.7 Å². The summed E-state index contributed by atoms with van der Waals surface area (Å²) in [4.78, 5) is 31.2. The van der Waals surface area contributed by atoms with E-state index in [9.17, 15) is 14.4 Å². The zero-order valence-corrected chi connectivity index (χ0v) is 7.29. The number of nitrogens with one attached hydrogen (secondary N) is 2. The van der Waals surface area contributed by atoms with Crippen molar-refractivity contribution in [1.82, 2.24) is 10.6 Å². The Morgan fingerprint density at radius 2 is 1.85 bits per heavy atom. The highest BCUT2D eigenvalue weighted by Gasteiger charge is 2.11. The highest BCUT2D eigenvalue weighted by Crippen LogP contribution is 1.71. The molecular weight excluding hydrogens is 176 g/mol. The molecule has 6 heteroatoms. The molecule has 0 aliphatic carbocycles. The van der Waals surface area contributed by atoms with Crippen LogP contribution in [-0.2, 0) is 14.4 Å². The summed E-state index contributed by atoms with van der Waals surface area (Å²) >= 11 is 0. The Kier molecular flexibility index (Phi) is 5.25. The van der Waals surface area contributed by atoms with Crippen molar-refractivity contribution in [1.29, 1.82) is 0 Å². The van der Waals surface area contributed by atoms with Gasteiger partial charge in [-0.05, 0) is 6.42 Å². The van der Waals surface area contributed by atoms with E-state index in [0.29, 0.717) is 6.54 Å². The van der Waals surface area contributed by atoms with Crippen LogP contribution in [0.2, 0.25) is 0 Å². The van der Waals surface area contributed by atoms with Gasteiger partial charge in [-0.1, -0.05) is 6.92 Å². The van der Waals surface area contributed by atoms with Gasteiger partial charge in [-0.3, -0.25) is 9.59 Å². The third kappa shape index (κ3) is 5.66. The maximum atomic E-state index is 10.8. The molecule has 0 atom stereocenters. The number of aliphatic carboxylic acids is 1. The zero-order chi connectivity index (χ0) is 10.3. The standard InChI is InChI=1S/C7H12N2O4/c1-2-3-8-5(10)4-9-6(11)7(12)13/h2-4H2,1H3,(H,8,10)(H,9,11)(H,12,13). The van der Waals surface area contributed by atoms with E-state index in [1.54, 1.807) is 0 Å². The van der Waals surface area contributed by atoms with Crippen molar-refractivity contribution in [3.63, 3.8) is 0 Å². The minimum absolute atomic E-state index is 0.300. The van der Waals surface area contributed by atoms with E-state index >= 15 is 0 Å². The van der Waals surface area contributed by atoms with Crippen LogP contribution in [0.1, 0.15) is 13.3 Å². The lowest BCUT2D eigenvalue weighted by atomic mass is 10.4. The smallest absolute Gasteiger partial charge is 0.394 e. The Labute approximate surface area is 75.3 Å². The lowest BCUT2D eigenvalue weighted by Crippen LogP contribution is -2.39. The van der Waals surface area contributed by atoms with Crippen LogP contribution in [0.15, 0.2) is 0 Å². The number of hydrogen-bond acceptors (Lipinski definition) is 3. The molecule has 2 amide bonds. The topological polar surface area (TPSA) is 95.5 Å². The fraction of sp³-hybridized carbons (Fsp3) is 0.571. The first kappa shape index (κ1) is 11.4. The Hall–Kier alpha value is -1.59. The number of rotatable bonds is 4. The summed E-state index contributed by atoms with van der Waals surface area (Å²) < 4.78 is 0. The van der Waals surface area contributed by atoms with Crippen LogP contribution in [0.5, 0.6) is 0 Å². The first-order valence-electron chi connectivity index (χ1n) is 3.85. The Balaban J connectivity index is 3.58. The van der Waals surface area contributed by atoms with Crippen molar-refractivity contribution in [3.8, 4) is 0 Å². The van der Waals surface area contributed by atoms with Crippen LogP contribution in [-0.4, -0.2) is 36.0 Å². The van der Waals surface area contributed by atoms with Gasteiger partial charge in [-0.25, -0.2) is 4.79 Å². The van der Waals surface area contributed by atoms with Gasteiger partial charge in [-0.15, -0.1) is 0 Å². The molecule has 0 spiro atoms. The van der Waals surface area contributed by atoms with Crippen LogP contribution >= 0.6 is 0 Å². The molecule has 0 aliphatic heterocycles. The van der Waals surface area contributed by atoms with Gasteiger partial charge in [0.15, 0.2) is 0 Å². The predicted octanol–water partition coefficient (Wildman–Crippen LogP) is -1.29. The minimum Gasteiger partial charge on any atom is -0.474 e. The molecule has 0 rings (SSSR count). The summed E-state index contributed by atoms with van der Waals surface area (Å²) in [7, 11) is 0. The number of carboxylic acid groups (broad SMARTS) is 1. The summed E-state index contributed by atoms with van der Waals surface area (Å²) in [6.45, 7) is 2.10. The molecule has 0 unspecified atom stereocenters. The van der Waals surface area contributed by atoms with Gasteiger partial charge in [0, 0.05) is 6.54 Å². The number of carbonyl (C=O) groups is 3. The number of carboxylic acids is 1. The summed E-state index contributed by atoms with van der Waals surface area (Å²) in [6.07, 6.45) is 0.790. The highest BCUT2D eigenvalue weighted by atomic mass is 16.4. The van der Waals surface area contributed by atoms with E-state index in [-0.39, 0.29) is 6.54 Å². The fourth-order valence-corrected chi connectivity index (χ4v) is 0.563. The Morgan fingerprint density at radius 3 is 2.31 bits per heavy atom. The lowest BCUT2D eigenvalue weighted by Gasteiger charge is -2.02. The van der Waals surface area contributed by atoms with Gasteiger partial charge in [0.25, 0.3) is 0 Å².